The van der Waals surface area contributed by atoms with E-state index in [0.717, 1.165) is 18.4 Å². The number of likely N-dealkylation sites (tertiary alicyclic amines) is 2. The van der Waals surface area contributed by atoms with Crippen LogP contribution in [0.15, 0.2) is 30.3 Å². The highest BCUT2D eigenvalue weighted by Gasteiger charge is 2.47. The molecule has 14 nitrogen and oxygen atoms in total. The van der Waals surface area contributed by atoms with E-state index in [1.54, 1.807) is 30.6 Å². The van der Waals surface area contributed by atoms with Crippen molar-refractivity contribution in [3.63, 3.8) is 0 Å². The number of alkyl carbamates (subject to hydrolysis) is 1. The predicted octanol–water partition coefficient (Wildman–Crippen LogP) is 0.295. The lowest BCUT2D eigenvalue weighted by Crippen LogP contribution is -2.63. The van der Waals surface area contributed by atoms with Crippen LogP contribution in [-0.4, -0.2) is 109 Å². The molecule has 0 radical (unpaired) electrons. The largest absolute Gasteiger partial charge is 0.444 e. The Morgan fingerprint density at radius 2 is 1.45 bits per heavy atom. The average molecular weight is 658 g/mol. The maximum absolute atomic E-state index is 13.1. The smallest absolute Gasteiger partial charge is 0.408 e. The number of carbonyl (C=O) groups is 6. The molecule has 2 atom stereocenters. The zero-order valence-electron chi connectivity index (χ0n) is 28.2. The summed E-state index contributed by atoms with van der Waals surface area (Å²) in [6, 6.07) is 7.18. The number of hydrogen-bond acceptors (Lipinski definition) is 8. The number of nitrogens with two attached hydrogens (primary N) is 1. The molecule has 2 heterocycles. The number of carbonyl (C=O) groups excluding carboxylic acids is 6. The van der Waals surface area contributed by atoms with Crippen LogP contribution >= 0.6 is 0 Å². The predicted molar refractivity (Wildman–Crippen MR) is 175 cm³/mol. The first-order chi connectivity index (χ1) is 22.1. The minimum absolute atomic E-state index is 0.00719. The Bertz CT molecular complexity index is 1270. The molecule has 1 aromatic rings. The third-order valence-corrected chi connectivity index (χ3v) is 8.24. The third-order valence-electron chi connectivity index (χ3n) is 8.24. The molecule has 3 rings (SSSR count). The van der Waals surface area contributed by atoms with E-state index in [0.29, 0.717) is 32.6 Å². The van der Waals surface area contributed by atoms with Crippen LogP contribution in [-0.2, 0) is 35.1 Å². The van der Waals surface area contributed by atoms with Crippen LogP contribution in [0.25, 0.3) is 0 Å². The van der Waals surface area contributed by atoms with Crippen molar-refractivity contribution in [2.45, 2.75) is 78.0 Å². The summed E-state index contributed by atoms with van der Waals surface area (Å²) in [4.78, 5) is 79.6. The molecule has 0 aliphatic carbocycles. The SMILES string of the molecule is CC(C)CC(NC(=O)CNC(=O)[C@@H](Cc1ccccc1)NC(=O)OC(C)(C)C)C(=O)NCC(=O)N1CC2(CCN(C(=O)CN)CC2)C1. The molecule has 6 amide bonds. The molecule has 0 aromatic heterocycles. The zero-order chi connectivity index (χ0) is 34.8. The van der Waals surface area contributed by atoms with Crippen molar-refractivity contribution in [3.8, 4) is 0 Å². The highest BCUT2D eigenvalue weighted by Crippen LogP contribution is 2.40. The summed E-state index contributed by atoms with van der Waals surface area (Å²) in [6.07, 6.45) is 1.33. The van der Waals surface area contributed by atoms with Gasteiger partial charge in [-0.1, -0.05) is 44.2 Å². The molecular weight excluding hydrogens is 606 g/mol. The number of piperidine rings is 1. The zero-order valence-corrected chi connectivity index (χ0v) is 28.2. The van der Waals surface area contributed by atoms with E-state index < -0.39 is 48.0 Å². The topological polar surface area (TPSA) is 192 Å². The van der Waals surface area contributed by atoms with E-state index in [1.165, 1.54) is 0 Å². The van der Waals surface area contributed by atoms with E-state index in [9.17, 15) is 28.8 Å². The molecule has 1 aromatic carbocycles. The first-order valence-electron chi connectivity index (χ1n) is 16.2. The van der Waals surface area contributed by atoms with Gasteiger partial charge in [0.1, 0.15) is 17.7 Å². The molecule has 1 unspecified atom stereocenters. The number of amides is 6. The Kier molecular flexibility index (Phi) is 13.1. The van der Waals surface area contributed by atoms with Crippen molar-refractivity contribution in [1.29, 1.82) is 0 Å². The van der Waals surface area contributed by atoms with Gasteiger partial charge >= 0.3 is 6.09 Å². The summed E-state index contributed by atoms with van der Waals surface area (Å²) in [6.45, 7) is 10.7. The fourth-order valence-electron chi connectivity index (χ4n) is 5.76. The van der Waals surface area contributed by atoms with Gasteiger partial charge in [0.2, 0.25) is 29.5 Å². The van der Waals surface area contributed by atoms with Crippen molar-refractivity contribution in [2.24, 2.45) is 17.1 Å². The van der Waals surface area contributed by atoms with Gasteiger partial charge in [0.05, 0.1) is 19.6 Å². The van der Waals surface area contributed by atoms with Gasteiger partial charge in [0, 0.05) is 38.0 Å². The summed E-state index contributed by atoms with van der Waals surface area (Å²) >= 11 is 0. The second-order valence-electron chi connectivity index (χ2n) is 13.9. The Balaban J connectivity index is 1.49. The Morgan fingerprint density at radius 1 is 0.851 bits per heavy atom. The molecule has 14 heteroatoms. The summed E-state index contributed by atoms with van der Waals surface area (Å²) in [5.41, 5.74) is 5.49. The van der Waals surface area contributed by atoms with Gasteiger partial charge < -0.3 is 41.5 Å². The fraction of sp³-hybridized carbons (Fsp3) is 0.636. The number of ether oxygens (including phenoxy) is 1. The van der Waals surface area contributed by atoms with Crippen molar-refractivity contribution in [1.82, 2.24) is 31.1 Å². The van der Waals surface area contributed by atoms with Crippen LogP contribution in [0.4, 0.5) is 4.79 Å². The molecule has 2 aliphatic rings. The second kappa shape index (κ2) is 16.6. The number of nitrogens with zero attached hydrogens (tertiary/aromatic N) is 2. The van der Waals surface area contributed by atoms with Gasteiger partial charge in [-0.05, 0) is 51.5 Å². The Labute approximate surface area is 276 Å². The van der Waals surface area contributed by atoms with Crippen LogP contribution in [0.5, 0.6) is 0 Å². The Hall–Kier alpha value is -4.20. The number of hydrogen-bond donors (Lipinski definition) is 5. The summed E-state index contributed by atoms with van der Waals surface area (Å²) in [5.74, 6) is -1.91. The van der Waals surface area contributed by atoms with Crippen molar-refractivity contribution < 1.29 is 33.5 Å². The van der Waals surface area contributed by atoms with Gasteiger partial charge in [0.25, 0.3) is 0 Å². The van der Waals surface area contributed by atoms with Gasteiger partial charge in [-0.25, -0.2) is 4.79 Å². The molecule has 2 saturated heterocycles. The van der Waals surface area contributed by atoms with E-state index in [4.69, 9.17) is 10.5 Å². The molecule has 6 N–H and O–H groups in total. The normalized spacial score (nSPS) is 16.8. The Morgan fingerprint density at radius 3 is 2.02 bits per heavy atom. The summed E-state index contributed by atoms with van der Waals surface area (Å²) < 4.78 is 5.31. The highest BCUT2D eigenvalue weighted by atomic mass is 16.6. The van der Waals surface area contributed by atoms with Crippen molar-refractivity contribution >= 4 is 35.6 Å². The maximum atomic E-state index is 13.1. The summed E-state index contributed by atoms with van der Waals surface area (Å²) in [5, 5.41) is 10.4. The fourth-order valence-corrected chi connectivity index (χ4v) is 5.76. The lowest BCUT2D eigenvalue weighted by molar-refractivity contribution is -0.149. The van der Waals surface area contributed by atoms with E-state index in [2.05, 4.69) is 21.3 Å². The third kappa shape index (κ3) is 11.8. The molecule has 0 bridgehead atoms. The van der Waals surface area contributed by atoms with Crippen LogP contribution in [0.2, 0.25) is 0 Å². The molecule has 2 aliphatic heterocycles. The highest BCUT2D eigenvalue weighted by molar-refractivity contribution is 5.93. The lowest BCUT2D eigenvalue weighted by Gasteiger charge is -2.54. The minimum Gasteiger partial charge on any atom is -0.444 e. The van der Waals surface area contributed by atoms with Gasteiger partial charge in [0.15, 0.2) is 0 Å². The lowest BCUT2D eigenvalue weighted by atomic mass is 9.72. The number of benzene rings is 1. The standard InChI is InChI=1S/C33H51N7O7/c1-22(2)15-24(29(44)36-19-28(43)40-20-33(21-40)11-13-39(14-12-33)27(42)17-34)37-26(41)18-35-30(45)25(16-23-9-7-6-8-10-23)38-31(46)47-32(3,4)5/h6-10,22,24-25H,11-21,34H2,1-5H3,(H,35,45)(H,36,44)(H,37,41)(H,38,46)/t24?,25-/m1/s1. The monoisotopic (exact) mass is 657 g/mol. The molecule has 260 valence electrons. The second-order valence-corrected chi connectivity index (χ2v) is 13.9. The molecular formula is C33H51N7O7. The number of rotatable bonds is 13. The molecule has 0 saturated carbocycles. The van der Waals surface area contributed by atoms with Gasteiger partial charge in [-0.2, -0.15) is 0 Å². The average Bonchev–Trinajstić information content (AvgIpc) is 2.99. The van der Waals surface area contributed by atoms with Crippen LogP contribution in [0, 0.1) is 11.3 Å². The first kappa shape index (κ1) is 37.3. The van der Waals surface area contributed by atoms with Crippen LogP contribution in [0.3, 0.4) is 0 Å². The van der Waals surface area contributed by atoms with E-state index in [-0.39, 0.29) is 42.7 Å². The van der Waals surface area contributed by atoms with Crippen LogP contribution < -0.4 is 27.0 Å². The van der Waals surface area contributed by atoms with Gasteiger partial charge in [-0.15, -0.1) is 0 Å². The first-order valence-corrected chi connectivity index (χ1v) is 16.2. The molecule has 1 spiro atoms. The van der Waals surface area contributed by atoms with Gasteiger partial charge in [-0.3, -0.25) is 24.0 Å². The quantitative estimate of drug-likeness (QED) is 0.200. The van der Waals surface area contributed by atoms with Crippen molar-refractivity contribution in [2.75, 3.05) is 45.8 Å². The van der Waals surface area contributed by atoms with E-state index in [1.807, 2.05) is 44.2 Å². The minimum atomic E-state index is -1.01. The maximum Gasteiger partial charge on any atom is 0.408 e. The molecule has 2 fully saturated rings. The summed E-state index contributed by atoms with van der Waals surface area (Å²) in [7, 11) is 0. The van der Waals surface area contributed by atoms with E-state index >= 15 is 0 Å². The number of nitrogens with one attached hydrogen (secondary N) is 4. The molecule has 47 heavy (non-hydrogen) atoms. The van der Waals surface area contributed by atoms with Crippen LogP contribution in [0.1, 0.15) is 59.4 Å². The van der Waals surface area contributed by atoms with Crippen molar-refractivity contribution in [3.05, 3.63) is 35.9 Å².